The lowest BCUT2D eigenvalue weighted by Crippen LogP contribution is -2.51. The number of hydrogen-bond donors (Lipinski definition) is 1. The Morgan fingerprint density at radius 1 is 1.29 bits per heavy atom. The second-order valence-corrected chi connectivity index (χ2v) is 8.02. The summed E-state index contributed by atoms with van der Waals surface area (Å²) in [6.45, 7) is 8.58. The standard InChI is InChI=1S/C19H28ClNO3/c1-5-6-14-11-21(18(23)24-19(2,3)4)12-16(22)17(14)13-7-9-15(20)10-8-13/h7-10,14,16-17,22H,5-6,11-12H2,1-4H3. The highest BCUT2D eigenvalue weighted by Crippen LogP contribution is 2.36. The number of β-amino-alcohol motifs (C(OH)–C–C–N with tert-alkyl or cyclic N) is 1. The van der Waals surface area contributed by atoms with Gasteiger partial charge in [-0.25, -0.2) is 4.79 Å². The number of hydrogen-bond acceptors (Lipinski definition) is 3. The van der Waals surface area contributed by atoms with Crippen LogP contribution in [0, 0.1) is 5.92 Å². The number of benzene rings is 1. The van der Waals surface area contributed by atoms with Crippen LogP contribution < -0.4 is 0 Å². The number of halogens is 1. The van der Waals surface area contributed by atoms with Crippen molar-refractivity contribution in [3.05, 3.63) is 34.9 Å². The third-order valence-corrected chi connectivity index (χ3v) is 4.60. The average molecular weight is 354 g/mol. The van der Waals surface area contributed by atoms with Gasteiger partial charge in [-0.05, 0) is 50.8 Å². The van der Waals surface area contributed by atoms with Crippen molar-refractivity contribution in [3.63, 3.8) is 0 Å². The first-order valence-corrected chi connectivity index (χ1v) is 9.00. The summed E-state index contributed by atoms with van der Waals surface area (Å²) in [5.41, 5.74) is 0.546. The maximum absolute atomic E-state index is 12.4. The Morgan fingerprint density at radius 2 is 1.92 bits per heavy atom. The lowest BCUT2D eigenvalue weighted by molar-refractivity contribution is -0.0174. The zero-order valence-electron chi connectivity index (χ0n) is 15.0. The first-order valence-electron chi connectivity index (χ1n) is 8.62. The van der Waals surface area contributed by atoms with Crippen molar-refractivity contribution in [2.75, 3.05) is 13.1 Å². The SMILES string of the molecule is CCCC1CN(C(=O)OC(C)(C)C)CC(O)C1c1ccc(Cl)cc1. The molecule has 3 atom stereocenters. The van der Waals surface area contributed by atoms with Crippen LogP contribution in [-0.4, -0.2) is 40.9 Å². The molecular formula is C19H28ClNO3. The summed E-state index contributed by atoms with van der Waals surface area (Å²) in [7, 11) is 0. The van der Waals surface area contributed by atoms with Gasteiger partial charge >= 0.3 is 6.09 Å². The van der Waals surface area contributed by atoms with Crippen LogP contribution in [0.25, 0.3) is 0 Å². The number of aliphatic hydroxyl groups is 1. The summed E-state index contributed by atoms with van der Waals surface area (Å²) in [5.74, 6) is 0.216. The van der Waals surface area contributed by atoms with E-state index in [0.29, 0.717) is 18.1 Å². The molecule has 24 heavy (non-hydrogen) atoms. The van der Waals surface area contributed by atoms with Gasteiger partial charge in [0.2, 0.25) is 0 Å². The van der Waals surface area contributed by atoms with Gasteiger partial charge < -0.3 is 14.7 Å². The molecule has 1 aromatic rings. The van der Waals surface area contributed by atoms with E-state index in [1.165, 1.54) is 0 Å². The predicted molar refractivity (Wildman–Crippen MR) is 96.4 cm³/mol. The smallest absolute Gasteiger partial charge is 0.410 e. The quantitative estimate of drug-likeness (QED) is 0.873. The van der Waals surface area contributed by atoms with Gasteiger partial charge in [-0.1, -0.05) is 37.1 Å². The molecule has 0 aliphatic carbocycles. The third-order valence-electron chi connectivity index (χ3n) is 4.35. The summed E-state index contributed by atoms with van der Waals surface area (Å²) in [5, 5.41) is 11.4. The summed E-state index contributed by atoms with van der Waals surface area (Å²) in [6, 6.07) is 7.66. The van der Waals surface area contributed by atoms with E-state index in [1.807, 2.05) is 45.0 Å². The molecule has 4 nitrogen and oxygen atoms in total. The maximum atomic E-state index is 12.4. The highest BCUT2D eigenvalue weighted by atomic mass is 35.5. The lowest BCUT2D eigenvalue weighted by Gasteiger charge is -2.42. The Hall–Kier alpha value is -1.26. The van der Waals surface area contributed by atoms with Crippen molar-refractivity contribution in [3.8, 4) is 0 Å². The molecule has 2 rings (SSSR count). The Bertz CT molecular complexity index is 553. The van der Waals surface area contributed by atoms with Crippen LogP contribution in [0.5, 0.6) is 0 Å². The van der Waals surface area contributed by atoms with Crippen molar-refractivity contribution < 1.29 is 14.6 Å². The summed E-state index contributed by atoms with van der Waals surface area (Å²) in [4.78, 5) is 14.0. The van der Waals surface area contributed by atoms with Gasteiger partial charge in [-0.2, -0.15) is 0 Å². The van der Waals surface area contributed by atoms with E-state index in [2.05, 4.69) is 6.92 Å². The molecule has 1 heterocycles. The number of likely N-dealkylation sites (tertiary alicyclic amines) is 1. The predicted octanol–water partition coefficient (Wildman–Crippen LogP) is 4.45. The number of ether oxygens (including phenoxy) is 1. The van der Waals surface area contributed by atoms with E-state index in [-0.39, 0.29) is 17.9 Å². The molecule has 0 saturated carbocycles. The first kappa shape index (κ1) is 19.1. The number of rotatable bonds is 3. The molecule has 5 heteroatoms. The molecule has 0 aromatic heterocycles. The van der Waals surface area contributed by atoms with Crippen LogP contribution in [-0.2, 0) is 4.74 Å². The second-order valence-electron chi connectivity index (χ2n) is 7.58. The Kier molecular flexibility index (Phi) is 6.16. The number of carbonyl (C=O) groups is 1. The first-order chi connectivity index (χ1) is 11.2. The molecule has 1 saturated heterocycles. The van der Waals surface area contributed by atoms with Gasteiger partial charge in [-0.3, -0.25) is 0 Å². The van der Waals surface area contributed by atoms with Gasteiger partial charge in [0.25, 0.3) is 0 Å². The minimum absolute atomic E-state index is 0.0147. The second kappa shape index (κ2) is 7.75. The molecule has 1 amide bonds. The monoisotopic (exact) mass is 353 g/mol. The van der Waals surface area contributed by atoms with Crippen LogP contribution >= 0.6 is 11.6 Å². The Labute approximate surface area is 149 Å². The fourth-order valence-corrected chi connectivity index (χ4v) is 3.55. The van der Waals surface area contributed by atoms with Gasteiger partial charge in [-0.15, -0.1) is 0 Å². The Morgan fingerprint density at radius 3 is 2.46 bits per heavy atom. The zero-order valence-corrected chi connectivity index (χ0v) is 15.7. The van der Waals surface area contributed by atoms with E-state index in [9.17, 15) is 9.90 Å². The van der Waals surface area contributed by atoms with Crippen molar-refractivity contribution in [2.24, 2.45) is 5.92 Å². The highest BCUT2D eigenvalue weighted by Gasteiger charge is 2.39. The normalized spacial score (nSPS) is 24.8. The number of aliphatic hydroxyl groups excluding tert-OH is 1. The van der Waals surface area contributed by atoms with Gasteiger partial charge in [0, 0.05) is 17.5 Å². The van der Waals surface area contributed by atoms with E-state index in [4.69, 9.17) is 16.3 Å². The van der Waals surface area contributed by atoms with Crippen molar-refractivity contribution in [2.45, 2.75) is 58.2 Å². The van der Waals surface area contributed by atoms with E-state index in [0.717, 1.165) is 18.4 Å². The minimum atomic E-state index is -0.607. The van der Waals surface area contributed by atoms with Crippen LogP contribution in [0.1, 0.15) is 52.0 Å². The van der Waals surface area contributed by atoms with Gasteiger partial charge in [0.1, 0.15) is 5.60 Å². The maximum Gasteiger partial charge on any atom is 0.410 e. The topological polar surface area (TPSA) is 49.8 Å². The highest BCUT2D eigenvalue weighted by molar-refractivity contribution is 6.30. The fourth-order valence-electron chi connectivity index (χ4n) is 3.42. The molecule has 0 bridgehead atoms. The number of nitrogens with zero attached hydrogens (tertiary/aromatic N) is 1. The van der Waals surface area contributed by atoms with Crippen LogP contribution in [0.4, 0.5) is 4.79 Å². The average Bonchev–Trinajstić information content (AvgIpc) is 2.47. The molecule has 134 valence electrons. The van der Waals surface area contributed by atoms with Crippen molar-refractivity contribution in [1.29, 1.82) is 0 Å². The molecular weight excluding hydrogens is 326 g/mol. The molecule has 1 N–H and O–H groups in total. The van der Waals surface area contributed by atoms with Crippen LogP contribution in [0.15, 0.2) is 24.3 Å². The number of piperidine rings is 1. The fraction of sp³-hybridized carbons (Fsp3) is 0.632. The summed E-state index contributed by atoms with van der Waals surface area (Å²) >= 11 is 5.98. The van der Waals surface area contributed by atoms with E-state index >= 15 is 0 Å². The van der Waals surface area contributed by atoms with E-state index < -0.39 is 11.7 Å². The number of amides is 1. The molecule has 1 fully saturated rings. The Balaban J connectivity index is 2.18. The minimum Gasteiger partial charge on any atom is -0.444 e. The molecule has 1 aliphatic heterocycles. The van der Waals surface area contributed by atoms with Crippen molar-refractivity contribution >= 4 is 17.7 Å². The zero-order chi connectivity index (χ0) is 17.9. The van der Waals surface area contributed by atoms with Gasteiger partial charge in [0.15, 0.2) is 0 Å². The molecule has 3 unspecified atom stereocenters. The van der Waals surface area contributed by atoms with Crippen LogP contribution in [0.2, 0.25) is 5.02 Å². The summed E-state index contributed by atoms with van der Waals surface area (Å²) < 4.78 is 5.47. The molecule has 1 aliphatic rings. The van der Waals surface area contributed by atoms with Crippen molar-refractivity contribution in [1.82, 2.24) is 4.90 Å². The third kappa shape index (κ3) is 4.87. The number of carbonyl (C=O) groups excluding carboxylic acids is 1. The molecule has 1 aromatic carbocycles. The lowest BCUT2D eigenvalue weighted by atomic mass is 9.76. The largest absolute Gasteiger partial charge is 0.444 e. The summed E-state index contributed by atoms with van der Waals surface area (Å²) in [6.07, 6.45) is 0.994. The van der Waals surface area contributed by atoms with E-state index in [1.54, 1.807) is 4.90 Å². The van der Waals surface area contributed by atoms with Crippen LogP contribution in [0.3, 0.4) is 0 Å². The van der Waals surface area contributed by atoms with Gasteiger partial charge in [0.05, 0.1) is 12.6 Å². The molecule has 0 spiro atoms. The molecule has 0 radical (unpaired) electrons.